The summed E-state index contributed by atoms with van der Waals surface area (Å²) in [7, 11) is 1.90. The van der Waals surface area contributed by atoms with Crippen LogP contribution in [0.2, 0.25) is 5.02 Å². The number of halogens is 2. The van der Waals surface area contributed by atoms with Crippen molar-refractivity contribution in [2.24, 2.45) is 0 Å². The third-order valence-electron chi connectivity index (χ3n) is 3.25. The van der Waals surface area contributed by atoms with E-state index in [1.165, 1.54) is 0 Å². The molecule has 2 rings (SSSR count). The first-order valence-electron chi connectivity index (χ1n) is 6.92. The summed E-state index contributed by atoms with van der Waals surface area (Å²) in [5, 5.41) is 7.80. The van der Waals surface area contributed by atoms with Crippen molar-refractivity contribution in [2.75, 3.05) is 7.05 Å². The molecule has 0 spiro atoms. The van der Waals surface area contributed by atoms with Gasteiger partial charge in [-0.15, -0.1) is 12.4 Å². The second-order valence-electron chi connectivity index (χ2n) is 5.11. The van der Waals surface area contributed by atoms with Crippen molar-refractivity contribution in [3.8, 4) is 5.75 Å². The lowest BCUT2D eigenvalue weighted by molar-refractivity contribution is 0.174. The fourth-order valence-electron chi connectivity index (χ4n) is 1.88. The Hall–Kier alpha value is -1.30. The first kappa shape index (κ1) is 18.7. The lowest BCUT2D eigenvalue weighted by atomic mass is 10.2. The lowest BCUT2D eigenvalue weighted by Gasteiger charge is -2.13. The Morgan fingerprint density at radius 1 is 1.36 bits per heavy atom. The molecule has 0 fully saturated rings. The number of nitrogens with zero attached hydrogens (tertiary/aromatic N) is 2. The van der Waals surface area contributed by atoms with Gasteiger partial charge in [-0.25, -0.2) is 0 Å². The molecule has 1 aromatic heterocycles. The van der Waals surface area contributed by atoms with Crippen molar-refractivity contribution in [3.05, 3.63) is 40.5 Å². The van der Waals surface area contributed by atoms with Gasteiger partial charge in [-0.2, -0.15) is 4.98 Å². The van der Waals surface area contributed by atoms with Crippen LogP contribution in [0.25, 0.3) is 0 Å². The molecular formula is C15H21Cl2N3O2. The fourth-order valence-corrected chi connectivity index (χ4v) is 2.10. The van der Waals surface area contributed by atoms with E-state index in [-0.39, 0.29) is 18.5 Å². The monoisotopic (exact) mass is 345 g/mol. The number of benzene rings is 1. The van der Waals surface area contributed by atoms with Crippen LogP contribution in [0, 0.1) is 6.92 Å². The highest BCUT2D eigenvalue weighted by Crippen LogP contribution is 2.26. The standard InChI is InChI=1S/C15H20ClN3O2.ClH/c1-9-7-12(16)5-6-13(9)20-11(3)15-18-14(19-21-15)8-10(2)17-4;/h5-7,10-11,17H,8H2,1-4H3;1H. The third-order valence-corrected chi connectivity index (χ3v) is 3.49. The molecule has 0 saturated carbocycles. The molecule has 7 heteroatoms. The minimum atomic E-state index is -0.309. The summed E-state index contributed by atoms with van der Waals surface area (Å²) < 4.78 is 11.1. The van der Waals surface area contributed by atoms with E-state index in [0.717, 1.165) is 11.3 Å². The van der Waals surface area contributed by atoms with Gasteiger partial charge < -0.3 is 14.6 Å². The number of nitrogens with one attached hydrogen (secondary N) is 1. The van der Waals surface area contributed by atoms with Crippen molar-refractivity contribution in [1.82, 2.24) is 15.5 Å². The van der Waals surface area contributed by atoms with Gasteiger partial charge in [-0.05, 0) is 51.6 Å². The predicted octanol–water partition coefficient (Wildman–Crippen LogP) is 3.74. The molecule has 1 heterocycles. The van der Waals surface area contributed by atoms with Gasteiger partial charge in [0, 0.05) is 17.5 Å². The number of likely N-dealkylation sites (N-methyl/N-ethyl adjacent to an activating group) is 1. The molecule has 1 N–H and O–H groups in total. The summed E-state index contributed by atoms with van der Waals surface area (Å²) in [4.78, 5) is 4.37. The number of aromatic nitrogens is 2. The summed E-state index contributed by atoms with van der Waals surface area (Å²) in [5.74, 6) is 1.91. The number of hydrogen-bond donors (Lipinski definition) is 1. The zero-order chi connectivity index (χ0) is 15.4. The summed E-state index contributed by atoms with van der Waals surface area (Å²) in [6.45, 7) is 5.89. The summed E-state index contributed by atoms with van der Waals surface area (Å²) in [5.41, 5.74) is 0.970. The smallest absolute Gasteiger partial charge is 0.267 e. The Morgan fingerprint density at radius 3 is 2.73 bits per heavy atom. The maximum atomic E-state index is 5.93. The van der Waals surface area contributed by atoms with Crippen molar-refractivity contribution in [3.63, 3.8) is 0 Å². The van der Waals surface area contributed by atoms with E-state index in [2.05, 4.69) is 22.4 Å². The van der Waals surface area contributed by atoms with Crippen LogP contribution in [0.3, 0.4) is 0 Å². The third kappa shape index (κ3) is 4.87. The number of aryl methyl sites for hydroxylation is 1. The van der Waals surface area contributed by atoms with E-state index < -0.39 is 0 Å². The van der Waals surface area contributed by atoms with Crippen LogP contribution in [0.15, 0.2) is 22.7 Å². The van der Waals surface area contributed by atoms with Crippen LogP contribution in [-0.2, 0) is 6.42 Å². The van der Waals surface area contributed by atoms with Gasteiger partial charge in [-0.3, -0.25) is 0 Å². The molecule has 5 nitrogen and oxygen atoms in total. The van der Waals surface area contributed by atoms with Gasteiger partial charge in [0.25, 0.3) is 5.89 Å². The molecular weight excluding hydrogens is 325 g/mol. The molecule has 0 aliphatic carbocycles. The molecule has 0 amide bonds. The van der Waals surface area contributed by atoms with Crippen molar-refractivity contribution in [2.45, 2.75) is 39.3 Å². The predicted molar refractivity (Wildman–Crippen MR) is 89.0 cm³/mol. The van der Waals surface area contributed by atoms with Crippen LogP contribution >= 0.6 is 24.0 Å². The van der Waals surface area contributed by atoms with E-state index in [1.807, 2.05) is 33.0 Å². The van der Waals surface area contributed by atoms with Gasteiger partial charge in [0.15, 0.2) is 11.9 Å². The zero-order valence-corrected chi connectivity index (χ0v) is 14.7. The van der Waals surface area contributed by atoms with Gasteiger partial charge >= 0.3 is 0 Å². The Labute approximate surface area is 141 Å². The van der Waals surface area contributed by atoms with Crippen LogP contribution in [-0.4, -0.2) is 23.2 Å². The zero-order valence-electron chi connectivity index (χ0n) is 13.1. The highest BCUT2D eigenvalue weighted by Gasteiger charge is 2.17. The SMILES string of the molecule is CNC(C)Cc1noc(C(C)Oc2ccc(Cl)cc2C)n1.Cl. The lowest BCUT2D eigenvalue weighted by Crippen LogP contribution is -2.24. The molecule has 2 aromatic rings. The molecule has 22 heavy (non-hydrogen) atoms. The highest BCUT2D eigenvalue weighted by atomic mass is 35.5. The molecule has 2 unspecified atom stereocenters. The van der Waals surface area contributed by atoms with E-state index in [1.54, 1.807) is 6.07 Å². The van der Waals surface area contributed by atoms with E-state index in [4.69, 9.17) is 20.9 Å². The van der Waals surface area contributed by atoms with E-state index in [9.17, 15) is 0 Å². The maximum absolute atomic E-state index is 5.93. The van der Waals surface area contributed by atoms with Crippen LogP contribution < -0.4 is 10.1 Å². The van der Waals surface area contributed by atoms with Crippen molar-refractivity contribution >= 4 is 24.0 Å². The topological polar surface area (TPSA) is 60.2 Å². The molecule has 2 atom stereocenters. The summed E-state index contributed by atoms with van der Waals surface area (Å²) in [6.07, 6.45) is 0.406. The van der Waals surface area contributed by atoms with Gasteiger partial charge in [-0.1, -0.05) is 16.8 Å². The van der Waals surface area contributed by atoms with Crippen LogP contribution in [0.4, 0.5) is 0 Å². The minimum Gasteiger partial charge on any atom is -0.481 e. The Balaban J connectivity index is 0.00000242. The molecule has 122 valence electrons. The van der Waals surface area contributed by atoms with E-state index >= 15 is 0 Å². The first-order chi connectivity index (χ1) is 9.99. The summed E-state index contributed by atoms with van der Waals surface area (Å²) in [6, 6.07) is 5.79. The quantitative estimate of drug-likeness (QED) is 0.863. The molecule has 0 aliphatic heterocycles. The molecule has 0 aliphatic rings. The molecule has 0 saturated heterocycles. The highest BCUT2D eigenvalue weighted by molar-refractivity contribution is 6.30. The van der Waals surface area contributed by atoms with Gasteiger partial charge in [0.2, 0.25) is 0 Å². The minimum absolute atomic E-state index is 0. The number of ether oxygens (including phenoxy) is 1. The molecule has 0 bridgehead atoms. The maximum Gasteiger partial charge on any atom is 0.267 e. The normalized spacial score (nSPS) is 13.3. The average molecular weight is 346 g/mol. The van der Waals surface area contributed by atoms with Crippen LogP contribution in [0.1, 0.15) is 37.2 Å². The van der Waals surface area contributed by atoms with Crippen molar-refractivity contribution in [1.29, 1.82) is 0 Å². The summed E-state index contributed by atoms with van der Waals surface area (Å²) >= 11 is 5.93. The Bertz CT molecular complexity index is 604. The second kappa shape index (κ2) is 8.36. The number of rotatable bonds is 6. The van der Waals surface area contributed by atoms with Crippen LogP contribution in [0.5, 0.6) is 5.75 Å². The molecule has 0 radical (unpaired) electrons. The fraction of sp³-hybridized carbons (Fsp3) is 0.467. The Morgan fingerprint density at radius 2 is 2.09 bits per heavy atom. The second-order valence-corrected chi connectivity index (χ2v) is 5.55. The largest absolute Gasteiger partial charge is 0.481 e. The van der Waals surface area contributed by atoms with Crippen molar-refractivity contribution < 1.29 is 9.26 Å². The molecule has 1 aromatic carbocycles. The first-order valence-corrected chi connectivity index (χ1v) is 7.30. The Kier molecular flexibility index (Phi) is 7.13. The van der Waals surface area contributed by atoms with Gasteiger partial charge in [0.05, 0.1) is 0 Å². The van der Waals surface area contributed by atoms with E-state index in [0.29, 0.717) is 29.2 Å². The average Bonchev–Trinajstić information content (AvgIpc) is 2.90. The van der Waals surface area contributed by atoms with Gasteiger partial charge in [0.1, 0.15) is 5.75 Å². The number of hydrogen-bond acceptors (Lipinski definition) is 5.